The molecule has 0 heterocycles. The zero-order valence-electron chi connectivity index (χ0n) is 7.90. The molecule has 0 aliphatic rings. The molecule has 0 amide bonds. The van der Waals surface area contributed by atoms with Crippen LogP contribution in [0.3, 0.4) is 0 Å². The lowest BCUT2D eigenvalue weighted by Crippen LogP contribution is -2.08. The molecule has 1 rings (SSSR count). The molecule has 1 nitrogen and oxygen atoms in total. The van der Waals surface area contributed by atoms with Crippen molar-refractivity contribution < 1.29 is 24.2 Å². The van der Waals surface area contributed by atoms with Crippen LogP contribution in [0.25, 0.3) is 0 Å². The zero-order chi connectivity index (χ0) is 13.5. The van der Waals surface area contributed by atoms with Crippen molar-refractivity contribution in [2.45, 2.75) is 4.90 Å². The molecule has 98 valence electrons. The highest BCUT2D eigenvalue weighted by Crippen LogP contribution is 3.02. The second-order valence-electron chi connectivity index (χ2n) is 3.17. The molecule has 0 radical (unpaired) electrons. The lowest BCUT2D eigenvalue weighted by molar-refractivity contribution is 0.102. The van der Waals surface area contributed by atoms with Crippen LogP contribution in [-0.2, 0) is 0 Å². The molecule has 0 fully saturated rings. The van der Waals surface area contributed by atoms with E-state index in [1.807, 2.05) is 0 Å². The van der Waals surface area contributed by atoms with Crippen LogP contribution in [0.1, 0.15) is 10.4 Å². The maximum absolute atomic E-state index is 12.4. The van der Waals surface area contributed by atoms with Gasteiger partial charge in [0.25, 0.3) is 0 Å². The van der Waals surface area contributed by atoms with Crippen molar-refractivity contribution >= 4 is 47.9 Å². The predicted molar refractivity (Wildman–Crippen MR) is 63.7 cm³/mol. The number of benzene rings is 1. The average molecular weight is 404 g/mol. The van der Waals surface area contributed by atoms with Gasteiger partial charge in [0.1, 0.15) is 4.90 Å². The summed E-state index contributed by atoms with van der Waals surface area (Å²) in [5.41, 5.74) is -0.0903. The summed E-state index contributed by atoms with van der Waals surface area (Å²) in [5.74, 6) is -0.509. The van der Waals surface area contributed by atoms with Gasteiger partial charge in [-0.2, -0.15) is 0 Å². The van der Waals surface area contributed by atoms with Crippen molar-refractivity contribution in [2.24, 2.45) is 0 Å². The number of carbonyl (C=O) groups excluding carboxylic acids is 1. The molecule has 0 aliphatic carbocycles. The van der Waals surface area contributed by atoms with Gasteiger partial charge >= 0.3 is 10.2 Å². The lowest BCUT2D eigenvalue weighted by Gasteiger charge is -2.40. The number of halogens is 7. The van der Waals surface area contributed by atoms with Crippen molar-refractivity contribution in [1.29, 1.82) is 0 Å². The summed E-state index contributed by atoms with van der Waals surface area (Å²) in [5, 5.41) is -0.110. The molecule has 0 unspecified atom stereocenters. The molecule has 1 aromatic carbocycles. The summed E-state index contributed by atoms with van der Waals surface area (Å²) in [7, 11) is -9.69. The maximum Gasteiger partial charge on any atom is 0.310 e. The van der Waals surface area contributed by atoms with Gasteiger partial charge in [-0.15, -0.1) is 0 Å². The van der Waals surface area contributed by atoms with Crippen LogP contribution in [-0.4, -0.2) is 11.1 Å². The number of alkyl halides is 1. The standard InChI is InChI=1S/C8H5Br2F5OS/c9-4-8(16)6-2-1-5(3-7(6)10)17(11,12,13,14)15/h1-3H,4H2. The SMILES string of the molecule is O=C(CBr)c1ccc(S(F)(F)(F)(F)F)cc1Br. The van der Waals surface area contributed by atoms with Crippen LogP contribution in [0.4, 0.5) is 19.4 Å². The van der Waals surface area contributed by atoms with E-state index in [1.54, 1.807) is 0 Å². The minimum absolute atomic E-state index is 0.0903. The van der Waals surface area contributed by atoms with Gasteiger partial charge < -0.3 is 0 Å². The summed E-state index contributed by atoms with van der Waals surface area (Å²) >= 11 is 5.50. The van der Waals surface area contributed by atoms with Gasteiger partial charge in [0.05, 0.1) is 5.33 Å². The van der Waals surface area contributed by atoms with E-state index in [9.17, 15) is 24.2 Å². The summed E-state index contributed by atoms with van der Waals surface area (Å²) in [6, 6.07) is 1.15. The van der Waals surface area contributed by atoms with Gasteiger partial charge in [-0.05, 0) is 18.2 Å². The van der Waals surface area contributed by atoms with E-state index in [1.165, 1.54) is 0 Å². The van der Waals surface area contributed by atoms with E-state index in [0.29, 0.717) is 0 Å². The first-order valence-corrected chi connectivity index (χ1v) is 7.84. The molecule has 0 saturated carbocycles. The van der Waals surface area contributed by atoms with Crippen molar-refractivity contribution in [3.8, 4) is 0 Å². The minimum atomic E-state index is -9.69. The Balaban J connectivity index is 3.39. The molecular weight excluding hydrogens is 399 g/mol. The molecule has 0 spiro atoms. The van der Waals surface area contributed by atoms with Crippen LogP contribution in [0.2, 0.25) is 0 Å². The van der Waals surface area contributed by atoms with E-state index in [-0.39, 0.29) is 27.5 Å². The van der Waals surface area contributed by atoms with Crippen LogP contribution in [0, 0.1) is 0 Å². The van der Waals surface area contributed by atoms with Gasteiger partial charge in [0.2, 0.25) is 0 Å². The third-order valence-electron chi connectivity index (χ3n) is 1.81. The average Bonchev–Trinajstić information content (AvgIpc) is 2.13. The van der Waals surface area contributed by atoms with Crippen molar-refractivity contribution in [2.75, 3.05) is 5.33 Å². The van der Waals surface area contributed by atoms with Gasteiger partial charge in [0.15, 0.2) is 5.78 Å². The van der Waals surface area contributed by atoms with Gasteiger partial charge in [-0.1, -0.05) is 51.3 Å². The van der Waals surface area contributed by atoms with E-state index >= 15 is 0 Å². The fourth-order valence-corrected chi connectivity index (χ4v) is 2.75. The molecule has 0 bridgehead atoms. The third-order valence-corrected chi connectivity index (χ3v) is 4.12. The molecule has 0 aliphatic heterocycles. The van der Waals surface area contributed by atoms with Gasteiger partial charge in [0, 0.05) is 10.0 Å². The topological polar surface area (TPSA) is 17.1 Å². The summed E-state index contributed by atoms with van der Waals surface area (Å²) in [6.45, 7) is 0. The number of hydrogen-bond acceptors (Lipinski definition) is 1. The highest BCUT2D eigenvalue weighted by Gasteiger charge is 2.65. The first kappa shape index (κ1) is 14.9. The Labute approximate surface area is 110 Å². The molecule has 0 aromatic heterocycles. The molecule has 17 heavy (non-hydrogen) atoms. The highest BCUT2D eigenvalue weighted by molar-refractivity contribution is 9.10. The lowest BCUT2D eigenvalue weighted by atomic mass is 10.1. The number of ketones is 1. The van der Waals surface area contributed by atoms with Gasteiger partial charge in [-0.3, -0.25) is 4.79 Å². The quantitative estimate of drug-likeness (QED) is 0.360. The summed E-state index contributed by atoms with van der Waals surface area (Å²) in [6.07, 6.45) is 0. The Kier molecular flexibility index (Phi) is 3.22. The number of rotatable bonds is 3. The van der Waals surface area contributed by atoms with E-state index in [0.717, 1.165) is 6.07 Å². The first-order valence-electron chi connectivity index (χ1n) is 3.98. The summed E-state index contributed by atoms with van der Waals surface area (Å²) in [4.78, 5) is 9.19. The largest absolute Gasteiger partial charge is 0.310 e. The normalized spacial score (nSPS) is 16.2. The second-order valence-corrected chi connectivity index (χ2v) is 6.99. The molecule has 0 atom stereocenters. The Hall–Kier alpha value is -0.150. The predicted octanol–water partition coefficient (Wildman–Crippen LogP) is 5.68. The molecule has 0 N–H and O–H groups in total. The van der Waals surface area contributed by atoms with Crippen molar-refractivity contribution in [3.05, 3.63) is 28.2 Å². The highest BCUT2D eigenvalue weighted by atomic mass is 79.9. The Morgan fingerprint density at radius 1 is 1.18 bits per heavy atom. The van der Waals surface area contributed by atoms with E-state index < -0.39 is 20.9 Å². The number of carbonyl (C=O) groups is 1. The molecule has 0 saturated heterocycles. The molecular formula is C8H5Br2F5OS. The Bertz CT molecular complexity index is 484. The summed E-state index contributed by atoms with van der Waals surface area (Å²) < 4.78 is 61.8. The van der Waals surface area contributed by atoms with Crippen molar-refractivity contribution in [1.82, 2.24) is 0 Å². The number of hydrogen-bond donors (Lipinski definition) is 0. The molecule has 1 aromatic rings. The van der Waals surface area contributed by atoms with Crippen molar-refractivity contribution in [3.63, 3.8) is 0 Å². The zero-order valence-corrected chi connectivity index (χ0v) is 11.9. The van der Waals surface area contributed by atoms with Crippen LogP contribution in [0.15, 0.2) is 27.6 Å². The van der Waals surface area contributed by atoms with Crippen LogP contribution >= 0.6 is 42.1 Å². The van der Waals surface area contributed by atoms with Gasteiger partial charge in [-0.25, -0.2) is 0 Å². The van der Waals surface area contributed by atoms with Crippen LogP contribution in [0.5, 0.6) is 0 Å². The molecule has 9 heteroatoms. The second kappa shape index (κ2) is 3.67. The Morgan fingerprint density at radius 3 is 2.06 bits per heavy atom. The monoisotopic (exact) mass is 402 g/mol. The number of Topliss-reactive ketones (excluding diaryl/α,β-unsaturated/α-hetero) is 1. The Morgan fingerprint density at radius 2 is 1.71 bits per heavy atom. The smallest absolute Gasteiger partial charge is 0.293 e. The van der Waals surface area contributed by atoms with E-state index in [2.05, 4.69) is 31.9 Å². The van der Waals surface area contributed by atoms with Crippen LogP contribution < -0.4 is 0 Å². The fraction of sp³-hybridized carbons (Fsp3) is 0.125. The first-order chi connectivity index (χ1) is 7.35. The third kappa shape index (κ3) is 3.65. The van der Waals surface area contributed by atoms with E-state index in [4.69, 9.17) is 0 Å². The minimum Gasteiger partial charge on any atom is -0.293 e. The fourth-order valence-electron chi connectivity index (χ4n) is 1.03. The maximum atomic E-state index is 12.4.